The Kier molecular flexibility index (Phi) is 7.61. The van der Waals surface area contributed by atoms with Gasteiger partial charge in [0.15, 0.2) is 11.5 Å². The lowest BCUT2D eigenvalue weighted by Gasteiger charge is -2.29. The Bertz CT molecular complexity index is 1220. The molecule has 4 rings (SSSR count). The van der Waals surface area contributed by atoms with Gasteiger partial charge in [-0.2, -0.15) is 0 Å². The first-order valence-electron chi connectivity index (χ1n) is 12.2. The molecular weight excluding hydrogens is 528 g/mol. The molecule has 2 aliphatic heterocycles. The molecule has 1 amide bonds. The molecule has 0 aromatic heterocycles. The number of ether oxygens (including phenoxy) is 2. The van der Waals surface area contributed by atoms with Crippen molar-refractivity contribution in [2.45, 2.75) is 39.3 Å². The normalized spacial score (nSPS) is 20.7. The monoisotopic (exact) mass is 558 g/mol. The summed E-state index contributed by atoms with van der Waals surface area (Å²) in [4.78, 5) is 29.3. The zero-order valence-electron chi connectivity index (χ0n) is 20.9. The first-order chi connectivity index (χ1) is 17.2. The topological polar surface area (TPSA) is 104 Å². The van der Waals surface area contributed by atoms with E-state index in [1.165, 1.54) is 16.9 Å². The number of amides is 1. The molecule has 1 fully saturated rings. The van der Waals surface area contributed by atoms with Gasteiger partial charge in [-0.3, -0.25) is 9.59 Å². The summed E-state index contributed by atoms with van der Waals surface area (Å²) in [5, 5.41) is 24.1. The number of likely N-dealkylation sites (N-methyl/N-ethyl adjacent to an activating group) is 1. The van der Waals surface area contributed by atoms with Crippen LogP contribution < -0.4 is 19.5 Å². The van der Waals surface area contributed by atoms with Crippen LogP contribution in [0.3, 0.4) is 0 Å². The van der Waals surface area contributed by atoms with Crippen LogP contribution in [0, 0.1) is 0 Å². The minimum absolute atomic E-state index is 0.0142. The molecule has 0 saturated carbocycles. The predicted molar refractivity (Wildman–Crippen MR) is 136 cm³/mol. The summed E-state index contributed by atoms with van der Waals surface area (Å²) in [6.45, 7) is 8.77. The van der Waals surface area contributed by atoms with E-state index in [1.54, 1.807) is 30.3 Å². The van der Waals surface area contributed by atoms with Gasteiger partial charge in [-0.15, -0.1) is 0 Å². The number of hydrogen-bond acceptors (Lipinski definition) is 6. The highest BCUT2D eigenvalue weighted by Gasteiger charge is 2.45. The van der Waals surface area contributed by atoms with Crippen LogP contribution in [0.25, 0.3) is 5.76 Å². The molecule has 2 aromatic rings. The van der Waals surface area contributed by atoms with Gasteiger partial charge in [-0.1, -0.05) is 11.8 Å². The minimum atomic E-state index is -0.901. The molecule has 2 atom stereocenters. The number of nitrogens with one attached hydrogen (secondary N) is 1. The van der Waals surface area contributed by atoms with Crippen molar-refractivity contribution in [3.05, 3.63) is 57.1 Å². The summed E-state index contributed by atoms with van der Waals surface area (Å²) in [6, 6.07) is 7.42. The lowest BCUT2D eigenvalue weighted by Crippen LogP contribution is -3.12. The first kappa shape index (κ1) is 26.0. The van der Waals surface area contributed by atoms with Crippen molar-refractivity contribution in [3.63, 3.8) is 0 Å². The average molecular weight is 559 g/mol. The summed E-state index contributed by atoms with van der Waals surface area (Å²) in [6.07, 6.45) is 0.684. The molecule has 8 nitrogen and oxygen atoms in total. The highest BCUT2D eigenvalue weighted by atomic mass is 79.9. The van der Waals surface area contributed by atoms with E-state index in [9.17, 15) is 19.8 Å². The van der Waals surface area contributed by atoms with Crippen LogP contribution in [-0.4, -0.2) is 61.1 Å². The van der Waals surface area contributed by atoms with Gasteiger partial charge in [-0.25, -0.2) is 0 Å². The third kappa shape index (κ3) is 4.69. The van der Waals surface area contributed by atoms with E-state index in [4.69, 9.17) is 9.47 Å². The number of carbonyl (C=O) groups excluding carboxylic acids is 2. The molecule has 2 N–H and O–H groups in total. The standard InChI is InChI=1S/C27H31BrN2O6/c1-5-29(6-2)9-10-30-23(18-13-19(28)25(32)21(14-18)35-4)22(26(33)27(30)34)24(31)16-7-8-20-17(12-16)11-15(3)36-20/h7-8,12-15,23,31-32H,5-6,9-11H2,1-4H3/b24-22+. The molecule has 2 unspecified atom stereocenters. The maximum absolute atomic E-state index is 13.8. The zero-order valence-corrected chi connectivity index (χ0v) is 22.5. The van der Waals surface area contributed by atoms with Crippen LogP contribution in [-0.2, 0) is 16.0 Å². The van der Waals surface area contributed by atoms with Crippen molar-refractivity contribution in [3.8, 4) is 17.2 Å². The van der Waals surface area contributed by atoms with E-state index in [0.29, 0.717) is 35.1 Å². The number of likely N-dealkylation sites (tertiary alicyclic amines) is 1. The Balaban J connectivity index is 1.85. The molecule has 36 heavy (non-hydrogen) atoms. The van der Waals surface area contributed by atoms with Crippen LogP contribution in [0.4, 0.5) is 0 Å². The van der Waals surface area contributed by atoms with Crippen LogP contribution in [0.2, 0.25) is 0 Å². The lowest BCUT2D eigenvalue weighted by atomic mass is 9.94. The number of phenols is 1. The zero-order chi connectivity index (χ0) is 26.1. The first-order valence-corrected chi connectivity index (χ1v) is 13.0. The number of quaternary nitrogens is 1. The van der Waals surface area contributed by atoms with E-state index >= 15 is 0 Å². The number of phenolic OH excluding ortho intramolecular Hbond substituents is 1. The number of fused-ring (bicyclic) bond motifs is 1. The van der Waals surface area contributed by atoms with Gasteiger partial charge in [0.05, 0.1) is 43.8 Å². The summed E-state index contributed by atoms with van der Waals surface area (Å²) in [5.74, 6) is -1.18. The van der Waals surface area contributed by atoms with Crippen molar-refractivity contribution >= 4 is 33.4 Å². The quantitative estimate of drug-likeness (QED) is 0.290. The SMILES string of the molecule is CC[NH+](CC)CCN1C(=O)C(=O)/C(=C(/[O-])c2ccc3c(c2)CC(C)O3)C1c1cc(Br)c(O)c(OC)c1. The van der Waals surface area contributed by atoms with E-state index in [2.05, 4.69) is 29.8 Å². The third-order valence-corrected chi connectivity index (χ3v) is 7.58. The number of methoxy groups -OCH3 is 1. The van der Waals surface area contributed by atoms with E-state index in [-0.39, 0.29) is 23.2 Å². The van der Waals surface area contributed by atoms with Gasteiger partial charge in [-0.05, 0) is 77.7 Å². The van der Waals surface area contributed by atoms with Gasteiger partial charge >= 0.3 is 0 Å². The van der Waals surface area contributed by atoms with Crippen molar-refractivity contribution in [1.82, 2.24) is 4.90 Å². The molecule has 0 radical (unpaired) electrons. The Morgan fingerprint density at radius 1 is 1.25 bits per heavy atom. The summed E-state index contributed by atoms with van der Waals surface area (Å²) in [5.41, 5.74) is 1.65. The Morgan fingerprint density at radius 3 is 2.64 bits per heavy atom. The van der Waals surface area contributed by atoms with Crippen molar-refractivity contribution in [1.29, 1.82) is 0 Å². The molecule has 2 aliphatic rings. The molecule has 192 valence electrons. The second kappa shape index (κ2) is 10.5. The van der Waals surface area contributed by atoms with Gasteiger partial charge in [0, 0.05) is 12.0 Å². The molecule has 0 bridgehead atoms. The fourth-order valence-corrected chi connectivity index (χ4v) is 5.42. The fourth-order valence-electron chi connectivity index (χ4n) is 4.96. The Morgan fingerprint density at radius 2 is 1.97 bits per heavy atom. The van der Waals surface area contributed by atoms with Gasteiger partial charge < -0.3 is 29.5 Å². The second-order valence-corrected chi connectivity index (χ2v) is 10.0. The maximum atomic E-state index is 13.8. The highest BCUT2D eigenvalue weighted by molar-refractivity contribution is 9.10. The minimum Gasteiger partial charge on any atom is -0.872 e. The van der Waals surface area contributed by atoms with E-state index in [1.807, 2.05) is 6.92 Å². The number of hydrogen-bond donors (Lipinski definition) is 2. The maximum Gasteiger partial charge on any atom is 0.295 e. The predicted octanol–water partition coefficient (Wildman–Crippen LogP) is 1.64. The number of aromatic hydroxyl groups is 1. The van der Waals surface area contributed by atoms with Crippen LogP contribution >= 0.6 is 15.9 Å². The number of halogens is 1. The molecule has 0 spiro atoms. The highest BCUT2D eigenvalue weighted by Crippen LogP contribution is 2.44. The Labute approximate surface area is 219 Å². The van der Waals surface area contributed by atoms with E-state index < -0.39 is 23.5 Å². The second-order valence-electron chi connectivity index (χ2n) is 9.19. The molecule has 2 aromatic carbocycles. The van der Waals surface area contributed by atoms with Crippen molar-refractivity contribution in [2.24, 2.45) is 0 Å². The molecule has 2 heterocycles. The largest absolute Gasteiger partial charge is 0.872 e. The van der Waals surface area contributed by atoms with Gasteiger partial charge in [0.25, 0.3) is 5.91 Å². The van der Waals surface area contributed by atoms with E-state index in [0.717, 1.165) is 24.4 Å². The Hall–Kier alpha value is -3.04. The van der Waals surface area contributed by atoms with Crippen LogP contribution in [0.15, 0.2) is 40.4 Å². The average Bonchev–Trinajstić information content (AvgIpc) is 3.36. The number of nitrogens with zero attached hydrogens (tertiary/aromatic N) is 1. The number of Topliss-reactive ketones (excluding diaryl/α,β-unsaturated/α-hetero) is 1. The number of benzene rings is 2. The van der Waals surface area contributed by atoms with Crippen LogP contribution in [0.5, 0.6) is 17.2 Å². The molecule has 0 aliphatic carbocycles. The van der Waals surface area contributed by atoms with Gasteiger partial charge in [0.1, 0.15) is 11.9 Å². The van der Waals surface area contributed by atoms with Gasteiger partial charge in [0.2, 0.25) is 5.78 Å². The number of carbonyl (C=O) groups is 2. The van der Waals surface area contributed by atoms with Crippen molar-refractivity contribution in [2.75, 3.05) is 33.3 Å². The van der Waals surface area contributed by atoms with Crippen LogP contribution in [0.1, 0.15) is 43.5 Å². The van der Waals surface area contributed by atoms with Crippen molar-refractivity contribution < 1.29 is 34.2 Å². The fraction of sp³-hybridized carbons (Fsp3) is 0.407. The molecule has 9 heteroatoms. The number of rotatable bonds is 8. The molecule has 1 saturated heterocycles. The number of ketones is 1. The summed E-state index contributed by atoms with van der Waals surface area (Å²) >= 11 is 3.33. The summed E-state index contributed by atoms with van der Waals surface area (Å²) < 4.78 is 11.4. The summed E-state index contributed by atoms with van der Waals surface area (Å²) in [7, 11) is 1.42. The smallest absolute Gasteiger partial charge is 0.295 e. The lowest BCUT2D eigenvalue weighted by molar-refractivity contribution is -0.895. The molecular formula is C27H31BrN2O6. The third-order valence-electron chi connectivity index (χ3n) is 6.98.